The topological polar surface area (TPSA) is 16.1 Å². The molecule has 0 bridgehead atoms. The zero-order chi connectivity index (χ0) is 9.97. The molecule has 0 amide bonds. The molecule has 1 aromatic rings. The van der Waals surface area contributed by atoms with Crippen molar-refractivity contribution in [3.05, 3.63) is 29.1 Å². The maximum Gasteiger partial charge on any atom is 0.0376 e. The van der Waals surface area contributed by atoms with E-state index in [0.29, 0.717) is 0 Å². The quantitative estimate of drug-likeness (QED) is 0.728. The lowest BCUT2D eigenvalue weighted by Crippen LogP contribution is -2.17. The molecule has 0 atom stereocenters. The number of pyridine rings is 1. The van der Waals surface area contributed by atoms with Crippen LogP contribution in [0.3, 0.4) is 0 Å². The third-order valence-corrected chi connectivity index (χ3v) is 2.84. The van der Waals surface area contributed by atoms with Gasteiger partial charge in [-0.05, 0) is 37.1 Å². The van der Waals surface area contributed by atoms with Crippen LogP contribution in [0.4, 0.5) is 0 Å². The minimum atomic E-state index is 1.10. The Morgan fingerprint density at radius 3 is 2.93 bits per heavy atom. The van der Waals surface area contributed by atoms with E-state index < -0.39 is 0 Å². The van der Waals surface area contributed by atoms with Crippen molar-refractivity contribution in [2.45, 2.75) is 39.8 Å². The van der Waals surface area contributed by atoms with Crippen molar-refractivity contribution in [3.63, 3.8) is 0 Å². The molecule has 0 spiro atoms. The lowest BCUT2D eigenvalue weighted by atomic mass is 10.2. The third-order valence-electron chi connectivity index (χ3n) is 2.84. The summed E-state index contributed by atoms with van der Waals surface area (Å²) in [5, 5.41) is 0. The standard InChI is InChI=1S/C12H18N2/c1-3-4-5-14-8-11-6-10(2)13-7-12(11)9-14/h6-7H,3-5,8-9H2,1-2H3. The first kappa shape index (κ1) is 9.66. The van der Waals surface area contributed by atoms with Crippen molar-refractivity contribution in [3.8, 4) is 0 Å². The summed E-state index contributed by atoms with van der Waals surface area (Å²) >= 11 is 0. The fourth-order valence-electron chi connectivity index (χ4n) is 2.01. The molecule has 14 heavy (non-hydrogen) atoms. The first-order chi connectivity index (χ1) is 6.79. The Bertz CT molecular complexity index is 320. The van der Waals surface area contributed by atoms with Crippen LogP contribution in [-0.4, -0.2) is 16.4 Å². The Labute approximate surface area is 86.0 Å². The molecule has 0 fully saturated rings. The molecule has 1 aromatic heterocycles. The van der Waals surface area contributed by atoms with E-state index in [2.05, 4.69) is 29.8 Å². The molecular formula is C12H18N2. The van der Waals surface area contributed by atoms with Crippen molar-refractivity contribution in [2.24, 2.45) is 0 Å². The van der Waals surface area contributed by atoms with Gasteiger partial charge in [-0.3, -0.25) is 9.88 Å². The van der Waals surface area contributed by atoms with E-state index in [-0.39, 0.29) is 0 Å². The zero-order valence-electron chi connectivity index (χ0n) is 9.08. The predicted octanol–water partition coefficient (Wildman–Crippen LogP) is 2.51. The normalized spacial score (nSPS) is 15.9. The molecule has 0 unspecified atom stereocenters. The summed E-state index contributed by atoms with van der Waals surface area (Å²) in [6.45, 7) is 7.76. The summed E-state index contributed by atoms with van der Waals surface area (Å²) in [7, 11) is 0. The van der Waals surface area contributed by atoms with Crippen LogP contribution in [0.15, 0.2) is 12.3 Å². The minimum absolute atomic E-state index is 1.10. The van der Waals surface area contributed by atoms with E-state index in [1.807, 2.05) is 6.20 Å². The number of fused-ring (bicyclic) bond motifs is 1. The fourth-order valence-corrected chi connectivity index (χ4v) is 2.01. The Hall–Kier alpha value is -0.890. The Balaban J connectivity index is 2.03. The second kappa shape index (κ2) is 4.09. The lowest BCUT2D eigenvalue weighted by Gasteiger charge is -2.13. The summed E-state index contributed by atoms with van der Waals surface area (Å²) in [4.78, 5) is 6.85. The highest BCUT2D eigenvalue weighted by molar-refractivity contribution is 5.29. The summed E-state index contributed by atoms with van der Waals surface area (Å²) in [6, 6.07) is 2.22. The average Bonchev–Trinajstić information content (AvgIpc) is 2.56. The highest BCUT2D eigenvalue weighted by Gasteiger charge is 2.18. The minimum Gasteiger partial charge on any atom is -0.295 e. The van der Waals surface area contributed by atoms with Crippen LogP contribution in [0, 0.1) is 6.92 Å². The average molecular weight is 190 g/mol. The largest absolute Gasteiger partial charge is 0.295 e. The smallest absolute Gasteiger partial charge is 0.0376 e. The van der Waals surface area contributed by atoms with Crippen LogP contribution in [0.2, 0.25) is 0 Å². The fraction of sp³-hybridized carbons (Fsp3) is 0.583. The molecule has 0 aromatic carbocycles. The third kappa shape index (κ3) is 1.95. The van der Waals surface area contributed by atoms with Gasteiger partial charge in [-0.15, -0.1) is 0 Å². The van der Waals surface area contributed by atoms with Gasteiger partial charge in [0, 0.05) is 25.0 Å². The number of hydrogen-bond donors (Lipinski definition) is 0. The molecule has 2 nitrogen and oxygen atoms in total. The molecule has 1 aliphatic rings. The van der Waals surface area contributed by atoms with Gasteiger partial charge in [0.2, 0.25) is 0 Å². The van der Waals surface area contributed by atoms with Gasteiger partial charge in [0.1, 0.15) is 0 Å². The zero-order valence-corrected chi connectivity index (χ0v) is 9.08. The van der Waals surface area contributed by atoms with Gasteiger partial charge in [0.15, 0.2) is 0 Å². The predicted molar refractivity (Wildman–Crippen MR) is 58.0 cm³/mol. The SMILES string of the molecule is CCCCN1Cc2cnc(C)cc2C1. The number of aryl methyl sites for hydroxylation is 1. The van der Waals surface area contributed by atoms with Crippen molar-refractivity contribution in [2.75, 3.05) is 6.54 Å². The van der Waals surface area contributed by atoms with Crippen molar-refractivity contribution < 1.29 is 0 Å². The second-order valence-corrected chi connectivity index (χ2v) is 4.16. The van der Waals surface area contributed by atoms with Crippen LogP contribution in [-0.2, 0) is 13.1 Å². The summed E-state index contributed by atoms with van der Waals surface area (Å²) in [5.74, 6) is 0. The van der Waals surface area contributed by atoms with Gasteiger partial charge >= 0.3 is 0 Å². The number of hydrogen-bond acceptors (Lipinski definition) is 2. The molecule has 0 N–H and O–H groups in total. The highest BCUT2D eigenvalue weighted by Crippen LogP contribution is 2.22. The summed E-state index contributed by atoms with van der Waals surface area (Å²) < 4.78 is 0. The first-order valence-electron chi connectivity index (χ1n) is 5.46. The van der Waals surface area contributed by atoms with E-state index in [9.17, 15) is 0 Å². The molecule has 0 saturated carbocycles. The Morgan fingerprint density at radius 1 is 1.36 bits per heavy atom. The lowest BCUT2D eigenvalue weighted by molar-refractivity contribution is 0.279. The second-order valence-electron chi connectivity index (χ2n) is 4.16. The maximum absolute atomic E-state index is 4.34. The molecule has 0 saturated heterocycles. The van der Waals surface area contributed by atoms with Crippen molar-refractivity contribution in [1.29, 1.82) is 0 Å². The number of unbranched alkanes of at least 4 members (excludes halogenated alkanes) is 1. The first-order valence-corrected chi connectivity index (χ1v) is 5.46. The van der Waals surface area contributed by atoms with Crippen molar-refractivity contribution in [1.82, 2.24) is 9.88 Å². The molecule has 0 aliphatic carbocycles. The monoisotopic (exact) mass is 190 g/mol. The molecule has 0 radical (unpaired) electrons. The van der Waals surface area contributed by atoms with Gasteiger partial charge in [0.25, 0.3) is 0 Å². The van der Waals surface area contributed by atoms with E-state index >= 15 is 0 Å². The molecule has 1 aliphatic heterocycles. The number of aromatic nitrogens is 1. The van der Waals surface area contributed by atoms with Crippen LogP contribution >= 0.6 is 0 Å². The van der Waals surface area contributed by atoms with Gasteiger partial charge in [-0.1, -0.05) is 13.3 Å². The molecule has 2 heterocycles. The molecule has 2 rings (SSSR count). The van der Waals surface area contributed by atoms with Crippen LogP contribution < -0.4 is 0 Å². The number of rotatable bonds is 3. The van der Waals surface area contributed by atoms with Gasteiger partial charge < -0.3 is 0 Å². The molecule has 2 heteroatoms. The van der Waals surface area contributed by atoms with Gasteiger partial charge in [-0.2, -0.15) is 0 Å². The van der Waals surface area contributed by atoms with Gasteiger partial charge in [0.05, 0.1) is 0 Å². The van der Waals surface area contributed by atoms with E-state index in [0.717, 1.165) is 18.8 Å². The van der Waals surface area contributed by atoms with E-state index in [4.69, 9.17) is 0 Å². The van der Waals surface area contributed by atoms with Gasteiger partial charge in [-0.25, -0.2) is 0 Å². The summed E-state index contributed by atoms with van der Waals surface area (Å²) in [6.07, 6.45) is 4.63. The van der Waals surface area contributed by atoms with E-state index in [1.54, 1.807) is 0 Å². The van der Waals surface area contributed by atoms with E-state index in [1.165, 1.54) is 30.5 Å². The number of nitrogens with zero attached hydrogens (tertiary/aromatic N) is 2. The van der Waals surface area contributed by atoms with Crippen molar-refractivity contribution >= 4 is 0 Å². The van der Waals surface area contributed by atoms with Crippen LogP contribution in [0.5, 0.6) is 0 Å². The highest BCUT2D eigenvalue weighted by atomic mass is 15.1. The Morgan fingerprint density at radius 2 is 2.14 bits per heavy atom. The molecular weight excluding hydrogens is 172 g/mol. The summed E-state index contributed by atoms with van der Waals surface area (Å²) in [5.41, 5.74) is 4.04. The van der Waals surface area contributed by atoms with Crippen LogP contribution in [0.1, 0.15) is 36.6 Å². The Kier molecular flexibility index (Phi) is 2.82. The molecule has 76 valence electrons. The maximum atomic E-state index is 4.34. The van der Waals surface area contributed by atoms with Crippen LogP contribution in [0.25, 0.3) is 0 Å².